The van der Waals surface area contributed by atoms with Crippen LogP contribution in [0.4, 0.5) is 0 Å². The van der Waals surface area contributed by atoms with Crippen molar-refractivity contribution in [3.63, 3.8) is 0 Å². The van der Waals surface area contributed by atoms with Crippen LogP contribution in [0.1, 0.15) is 117 Å². The highest BCUT2D eigenvalue weighted by Crippen LogP contribution is 2.77. The smallest absolute Gasteiger partial charge is 0.313 e. The molecule has 5 heteroatoms. The summed E-state index contributed by atoms with van der Waals surface area (Å²) < 4.78 is 6.29. The van der Waals surface area contributed by atoms with Gasteiger partial charge in [0.1, 0.15) is 12.5 Å². The summed E-state index contributed by atoms with van der Waals surface area (Å²) in [6, 6.07) is 16.8. The molecule has 0 aliphatic heterocycles. The monoisotopic (exact) mass is 646 g/mol. The van der Waals surface area contributed by atoms with Gasteiger partial charge >= 0.3 is 5.97 Å². The van der Waals surface area contributed by atoms with Crippen LogP contribution in [0.3, 0.4) is 0 Å². The number of hydrogen-bond acceptors (Lipinski definition) is 5. The van der Waals surface area contributed by atoms with Gasteiger partial charge in [-0.2, -0.15) is 5.26 Å². The summed E-state index contributed by atoms with van der Waals surface area (Å²) in [4.78, 5) is 32.7. The lowest BCUT2D eigenvalue weighted by Gasteiger charge is -2.71. The molecule has 4 saturated carbocycles. The number of allylic oxidation sites excluding steroid dienone is 2. The van der Waals surface area contributed by atoms with Crippen molar-refractivity contribution in [3.8, 4) is 6.07 Å². The van der Waals surface area contributed by atoms with Crippen LogP contribution in [0.15, 0.2) is 60.4 Å². The lowest BCUT2D eigenvalue weighted by atomic mass is 9.32. The molecule has 4 fully saturated rings. The summed E-state index contributed by atoms with van der Waals surface area (Å²) in [5.74, 6) is 0.161. The maximum atomic E-state index is 14.6. The zero-order chi connectivity index (χ0) is 34.3. The molecule has 1 aromatic heterocycles. The van der Waals surface area contributed by atoms with E-state index in [-0.39, 0.29) is 45.2 Å². The third-order valence-electron chi connectivity index (χ3n) is 15.3. The minimum atomic E-state index is -0.566. The van der Waals surface area contributed by atoms with E-state index < -0.39 is 16.7 Å². The van der Waals surface area contributed by atoms with Crippen molar-refractivity contribution in [3.05, 3.63) is 71.6 Å². The molecule has 0 amide bonds. The highest BCUT2D eigenvalue weighted by molar-refractivity contribution is 5.90. The average molecular weight is 647 g/mol. The standard InChI is InChI=1S/C43H54N2O3/c1-38(2)17-19-43(37(47)48-27-28-11-9-8-10-12-28)20-18-42(7)35(32(43)25-38)31(29-14-21-45-22-15-29)23-34-40(5)24-30(26-44)36(46)39(3,4)33(40)13-16-41(34,42)6/h8-12,14-15,21-22,30,32-34H,13,16-20,23-25,27H2,1-7H3/t30?,32-,33-,34?,40-,41+,42+,43-/m0/s1. The lowest BCUT2D eigenvalue weighted by molar-refractivity contribution is -0.193. The highest BCUT2D eigenvalue weighted by atomic mass is 16.5. The number of rotatable bonds is 4. The van der Waals surface area contributed by atoms with E-state index in [9.17, 15) is 14.9 Å². The average Bonchev–Trinajstić information content (AvgIpc) is 3.06. The molecule has 1 heterocycles. The van der Waals surface area contributed by atoms with Gasteiger partial charge in [-0.15, -0.1) is 0 Å². The van der Waals surface area contributed by atoms with Crippen LogP contribution in [-0.4, -0.2) is 16.7 Å². The molecule has 7 rings (SSSR count). The summed E-state index contributed by atoms with van der Waals surface area (Å²) in [6.45, 7) is 16.8. The first-order valence-corrected chi connectivity index (χ1v) is 18.4. The normalized spacial score (nSPS) is 39.6. The number of ketones is 1. The fourth-order valence-electron chi connectivity index (χ4n) is 12.5. The number of hydrogen-bond donors (Lipinski definition) is 0. The molecular formula is C43H54N2O3. The number of pyridine rings is 1. The van der Waals surface area contributed by atoms with Crippen LogP contribution in [0, 0.1) is 67.5 Å². The molecule has 0 N–H and O–H groups in total. The first-order valence-electron chi connectivity index (χ1n) is 18.4. The molecule has 1 aromatic carbocycles. The number of nitrogens with zero attached hydrogens (tertiary/aromatic N) is 2. The maximum absolute atomic E-state index is 14.6. The van der Waals surface area contributed by atoms with Crippen molar-refractivity contribution in [2.75, 3.05) is 0 Å². The quantitative estimate of drug-likeness (QED) is 0.309. The number of fused-ring (bicyclic) bond motifs is 7. The Balaban J connectivity index is 1.40. The number of Topliss-reactive ketones (excluding diaryl/α,β-unsaturated/α-hetero) is 1. The van der Waals surface area contributed by atoms with Gasteiger partial charge in [-0.25, -0.2) is 0 Å². The minimum absolute atomic E-state index is 0.0252. The molecule has 0 radical (unpaired) electrons. The molecule has 8 atom stereocenters. The fourth-order valence-corrected chi connectivity index (χ4v) is 12.5. The number of esters is 1. The summed E-state index contributed by atoms with van der Waals surface area (Å²) in [5.41, 5.74) is 3.79. The van der Waals surface area contributed by atoms with E-state index in [0.29, 0.717) is 18.9 Å². The van der Waals surface area contributed by atoms with E-state index in [1.165, 1.54) is 16.7 Å². The zero-order valence-electron chi connectivity index (χ0n) is 30.2. The molecule has 254 valence electrons. The molecule has 5 aliphatic rings. The van der Waals surface area contributed by atoms with E-state index in [2.05, 4.69) is 71.7 Å². The zero-order valence-corrected chi connectivity index (χ0v) is 30.2. The molecule has 2 unspecified atom stereocenters. The first kappa shape index (κ1) is 33.2. The second-order valence-electron chi connectivity index (χ2n) is 18.3. The number of aromatic nitrogens is 1. The van der Waals surface area contributed by atoms with Gasteiger partial charge in [-0.1, -0.05) is 84.4 Å². The Kier molecular flexibility index (Phi) is 7.71. The van der Waals surface area contributed by atoms with Crippen molar-refractivity contribution in [2.45, 2.75) is 113 Å². The largest absolute Gasteiger partial charge is 0.460 e. The Labute approximate surface area is 287 Å². The molecule has 0 bridgehead atoms. The fraction of sp³-hybridized carbons (Fsp3) is 0.628. The number of nitriles is 1. The Morgan fingerprint density at radius 2 is 1.58 bits per heavy atom. The van der Waals surface area contributed by atoms with E-state index >= 15 is 0 Å². The van der Waals surface area contributed by atoms with Gasteiger partial charge in [0.25, 0.3) is 0 Å². The van der Waals surface area contributed by atoms with Crippen molar-refractivity contribution in [1.29, 1.82) is 5.26 Å². The molecule has 48 heavy (non-hydrogen) atoms. The van der Waals surface area contributed by atoms with Gasteiger partial charge in [-0.3, -0.25) is 14.6 Å². The van der Waals surface area contributed by atoms with Crippen LogP contribution in [0.5, 0.6) is 0 Å². The van der Waals surface area contributed by atoms with Gasteiger partial charge in [0.2, 0.25) is 0 Å². The second-order valence-corrected chi connectivity index (χ2v) is 18.3. The molecule has 5 nitrogen and oxygen atoms in total. The van der Waals surface area contributed by atoms with Crippen LogP contribution in [0.25, 0.3) is 5.57 Å². The number of ether oxygens (including phenoxy) is 1. The predicted octanol–water partition coefficient (Wildman–Crippen LogP) is 9.77. The van der Waals surface area contributed by atoms with Gasteiger partial charge in [0.15, 0.2) is 5.78 Å². The molecule has 0 saturated heterocycles. The van der Waals surface area contributed by atoms with Crippen molar-refractivity contribution in [1.82, 2.24) is 4.98 Å². The summed E-state index contributed by atoms with van der Waals surface area (Å²) in [5, 5.41) is 10.3. The van der Waals surface area contributed by atoms with Gasteiger partial charge in [-0.05, 0) is 126 Å². The molecule has 0 spiro atoms. The van der Waals surface area contributed by atoms with E-state index in [0.717, 1.165) is 56.9 Å². The van der Waals surface area contributed by atoms with E-state index in [4.69, 9.17) is 4.74 Å². The van der Waals surface area contributed by atoms with Gasteiger partial charge < -0.3 is 4.74 Å². The summed E-state index contributed by atoms with van der Waals surface area (Å²) >= 11 is 0. The highest BCUT2D eigenvalue weighted by Gasteiger charge is 2.71. The van der Waals surface area contributed by atoms with Crippen molar-refractivity contribution < 1.29 is 14.3 Å². The van der Waals surface area contributed by atoms with E-state index in [1.54, 1.807) is 0 Å². The molecule has 5 aliphatic carbocycles. The lowest BCUT2D eigenvalue weighted by Crippen LogP contribution is -2.66. The topological polar surface area (TPSA) is 80.0 Å². The Morgan fingerprint density at radius 3 is 2.27 bits per heavy atom. The van der Waals surface area contributed by atoms with Crippen LogP contribution >= 0.6 is 0 Å². The van der Waals surface area contributed by atoms with Gasteiger partial charge in [0, 0.05) is 17.8 Å². The Hall–Kier alpha value is -3.26. The maximum Gasteiger partial charge on any atom is 0.313 e. The molecule has 2 aromatic rings. The number of benzene rings is 1. The molecular weight excluding hydrogens is 592 g/mol. The van der Waals surface area contributed by atoms with E-state index in [1.807, 2.05) is 42.7 Å². The van der Waals surface area contributed by atoms with Gasteiger partial charge in [0.05, 0.1) is 11.5 Å². The van der Waals surface area contributed by atoms with Crippen molar-refractivity contribution in [2.24, 2.45) is 56.2 Å². The minimum Gasteiger partial charge on any atom is -0.460 e. The third-order valence-corrected chi connectivity index (χ3v) is 15.3. The SMILES string of the molecule is CC1(C)CC[C@]2(C(=O)OCc3ccccc3)CC[C@]3(C)C(=C(c4ccncc4)CC4[C@@]5(C)CC(C#N)C(=O)C(C)(C)[C@@H]5CC[C@]43C)[C@@H]2C1. The van der Waals surface area contributed by atoms with Crippen LogP contribution < -0.4 is 0 Å². The number of carbonyl (C=O) groups excluding carboxylic acids is 2. The Bertz CT molecular complexity index is 1690. The number of carbonyl (C=O) groups is 2. The Morgan fingerprint density at radius 1 is 0.896 bits per heavy atom. The van der Waals surface area contributed by atoms with Crippen LogP contribution in [-0.2, 0) is 20.9 Å². The third kappa shape index (κ3) is 4.64. The van der Waals surface area contributed by atoms with Crippen LogP contribution in [0.2, 0.25) is 0 Å². The predicted molar refractivity (Wildman–Crippen MR) is 188 cm³/mol. The second kappa shape index (κ2) is 11.1. The first-order chi connectivity index (χ1) is 22.6. The summed E-state index contributed by atoms with van der Waals surface area (Å²) in [6.07, 6.45) is 12.0. The van der Waals surface area contributed by atoms with Crippen molar-refractivity contribution >= 4 is 17.3 Å². The summed E-state index contributed by atoms with van der Waals surface area (Å²) in [7, 11) is 0.